The summed E-state index contributed by atoms with van der Waals surface area (Å²) in [6, 6.07) is 9.69. The minimum atomic E-state index is -0.385. The molecule has 0 heterocycles. The first-order valence-electron chi connectivity index (χ1n) is 8.44. The summed E-state index contributed by atoms with van der Waals surface area (Å²) in [6.45, 7) is 1.14. The zero-order valence-corrected chi connectivity index (χ0v) is 14.1. The summed E-state index contributed by atoms with van der Waals surface area (Å²) < 4.78 is 9.91. The molecule has 0 unspecified atom stereocenters. The van der Waals surface area contributed by atoms with Crippen molar-refractivity contribution in [2.24, 2.45) is 5.92 Å². The van der Waals surface area contributed by atoms with Crippen molar-refractivity contribution >= 4 is 12.1 Å². The van der Waals surface area contributed by atoms with Crippen LogP contribution in [0.25, 0.3) is 0 Å². The standard InChI is InChI=1S/C18H26N2O4/c1-23-17(21)12-19-11-15-9-5-6-10-16(15)20-18(22)24-13-14-7-3-2-4-8-14/h2-4,7-8,15-16,19H,5-6,9-13H2,1H3,(H,20,22)/t15-,16+/m0/s1. The fourth-order valence-electron chi connectivity index (χ4n) is 2.99. The van der Waals surface area contributed by atoms with E-state index in [-0.39, 0.29) is 31.3 Å². The average molecular weight is 334 g/mol. The summed E-state index contributed by atoms with van der Waals surface area (Å²) in [5, 5.41) is 6.07. The molecule has 0 radical (unpaired) electrons. The van der Waals surface area contributed by atoms with Crippen LogP contribution in [0.3, 0.4) is 0 Å². The molecule has 132 valence electrons. The lowest BCUT2D eigenvalue weighted by molar-refractivity contribution is -0.139. The zero-order chi connectivity index (χ0) is 17.2. The van der Waals surface area contributed by atoms with Crippen molar-refractivity contribution in [1.29, 1.82) is 0 Å². The van der Waals surface area contributed by atoms with E-state index in [1.165, 1.54) is 7.11 Å². The van der Waals surface area contributed by atoms with Crippen LogP contribution in [0.1, 0.15) is 31.2 Å². The average Bonchev–Trinajstić information content (AvgIpc) is 2.62. The Kier molecular flexibility index (Phi) is 7.55. The van der Waals surface area contributed by atoms with Crippen LogP contribution in [0.5, 0.6) is 0 Å². The maximum atomic E-state index is 12.0. The molecule has 1 fully saturated rings. The number of carbonyl (C=O) groups excluding carboxylic acids is 2. The van der Waals surface area contributed by atoms with Crippen LogP contribution in [0.4, 0.5) is 4.79 Å². The lowest BCUT2D eigenvalue weighted by Crippen LogP contribution is -2.46. The van der Waals surface area contributed by atoms with Crippen LogP contribution in [-0.4, -0.2) is 38.3 Å². The number of esters is 1. The molecule has 24 heavy (non-hydrogen) atoms. The predicted octanol–water partition coefficient (Wildman–Crippen LogP) is 2.23. The van der Waals surface area contributed by atoms with E-state index in [2.05, 4.69) is 15.4 Å². The fraction of sp³-hybridized carbons (Fsp3) is 0.556. The Balaban J connectivity index is 1.75. The van der Waals surface area contributed by atoms with Gasteiger partial charge in [0.2, 0.25) is 0 Å². The number of hydrogen-bond donors (Lipinski definition) is 2. The van der Waals surface area contributed by atoms with Crippen molar-refractivity contribution in [2.75, 3.05) is 20.2 Å². The van der Waals surface area contributed by atoms with E-state index in [1.54, 1.807) is 0 Å². The molecule has 2 N–H and O–H groups in total. The van der Waals surface area contributed by atoms with Gasteiger partial charge in [-0.2, -0.15) is 0 Å². The Labute approximate surface area is 142 Å². The molecule has 1 saturated carbocycles. The summed E-state index contributed by atoms with van der Waals surface area (Å²) in [4.78, 5) is 23.2. The van der Waals surface area contributed by atoms with E-state index < -0.39 is 0 Å². The third-order valence-corrected chi connectivity index (χ3v) is 4.33. The molecule has 1 aliphatic rings. The lowest BCUT2D eigenvalue weighted by Gasteiger charge is -2.32. The first kappa shape index (κ1) is 18.3. The van der Waals surface area contributed by atoms with E-state index in [0.717, 1.165) is 31.2 Å². The Hall–Kier alpha value is -2.08. The van der Waals surface area contributed by atoms with Gasteiger partial charge >= 0.3 is 12.1 Å². The largest absolute Gasteiger partial charge is 0.468 e. The fourth-order valence-corrected chi connectivity index (χ4v) is 2.99. The van der Waals surface area contributed by atoms with Crippen LogP contribution in [0.15, 0.2) is 30.3 Å². The number of carbonyl (C=O) groups is 2. The molecule has 0 aromatic heterocycles. The molecule has 0 saturated heterocycles. The molecule has 0 spiro atoms. The van der Waals surface area contributed by atoms with Gasteiger partial charge in [0.25, 0.3) is 0 Å². The second-order valence-electron chi connectivity index (χ2n) is 6.06. The maximum absolute atomic E-state index is 12.0. The molecule has 2 atom stereocenters. The minimum Gasteiger partial charge on any atom is -0.468 e. The zero-order valence-electron chi connectivity index (χ0n) is 14.1. The van der Waals surface area contributed by atoms with Gasteiger partial charge in [0, 0.05) is 12.6 Å². The van der Waals surface area contributed by atoms with E-state index in [1.807, 2.05) is 30.3 Å². The van der Waals surface area contributed by atoms with Gasteiger partial charge in [-0.05, 0) is 24.3 Å². The number of alkyl carbamates (subject to hydrolysis) is 1. The van der Waals surface area contributed by atoms with Crippen LogP contribution < -0.4 is 10.6 Å². The number of rotatable bonds is 7. The molecule has 0 aliphatic heterocycles. The van der Waals surface area contributed by atoms with Gasteiger partial charge in [-0.15, -0.1) is 0 Å². The van der Waals surface area contributed by atoms with Crippen LogP contribution in [-0.2, 0) is 20.9 Å². The molecule has 6 nitrogen and oxygen atoms in total. The predicted molar refractivity (Wildman–Crippen MR) is 90.4 cm³/mol. The molecule has 0 bridgehead atoms. The van der Waals surface area contributed by atoms with E-state index >= 15 is 0 Å². The van der Waals surface area contributed by atoms with E-state index in [4.69, 9.17) is 4.74 Å². The van der Waals surface area contributed by atoms with Crippen molar-refractivity contribution in [1.82, 2.24) is 10.6 Å². The maximum Gasteiger partial charge on any atom is 0.407 e. The molecule has 6 heteroatoms. The first-order valence-corrected chi connectivity index (χ1v) is 8.44. The van der Waals surface area contributed by atoms with E-state index in [9.17, 15) is 9.59 Å². The summed E-state index contributed by atoms with van der Waals surface area (Å²) in [5.74, 6) is 0.0188. The quantitative estimate of drug-likeness (QED) is 0.748. The number of methoxy groups -OCH3 is 1. The second kappa shape index (κ2) is 9.93. The number of ether oxygens (including phenoxy) is 2. The van der Waals surface area contributed by atoms with Crippen LogP contribution in [0.2, 0.25) is 0 Å². The monoisotopic (exact) mass is 334 g/mol. The Morgan fingerprint density at radius 1 is 1.17 bits per heavy atom. The lowest BCUT2D eigenvalue weighted by atomic mass is 9.84. The smallest absolute Gasteiger partial charge is 0.407 e. The second-order valence-corrected chi connectivity index (χ2v) is 6.06. The van der Waals surface area contributed by atoms with Gasteiger partial charge in [0.1, 0.15) is 6.61 Å². The Bertz CT molecular complexity index is 521. The number of nitrogens with one attached hydrogen (secondary N) is 2. The topological polar surface area (TPSA) is 76.7 Å². The van der Waals surface area contributed by atoms with Gasteiger partial charge in [-0.3, -0.25) is 4.79 Å². The summed E-state index contributed by atoms with van der Waals surface area (Å²) in [6.07, 6.45) is 3.81. The van der Waals surface area contributed by atoms with Crippen molar-refractivity contribution in [3.63, 3.8) is 0 Å². The van der Waals surface area contributed by atoms with Gasteiger partial charge in [-0.1, -0.05) is 43.2 Å². The van der Waals surface area contributed by atoms with Crippen LogP contribution >= 0.6 is 0 Å². The Morgan fingerprint density at radius 3 is 2.67 bits per heavy atom. The van der Waals surface area contributed by atoms with Crippen LogP contribution in [0, 0.1) is 5.92 Å². The van der Waals surface area contributed by atoms with Crippen molar-refractivity contribution in [3.8, 4) is 0 Å². The number of benzene rings is 1. The van der Waals surface area contributed by atoms with Crippen molar-refractivity contribution < 1.29 is 19.1 Å². The normalized spacial score (nSPS) is 20.2. The highest BCUT2D eigenvalue weighted by Crippen LogP contribution is 2.24. The molecular formula is C18H26N2O4. The SMILES string of the molecule is COC(=O)CNC[C@@H]1CCCC[C@H]1NC(=O)OCc1ccccc1. The van der Waals surface area contributed by atoms with Gasteiger partial charge in [0.05, 0.1) is 13.7 Å². The highest BCUT2D eigenvalue weighted by atomic mass is 16.5. The molecule has 1 amide bonds. The van der Waals surface area contributed by atoms with Gasteiger partial charge in [0.15, 0.2) is 0 Å². The summed E-state index contributed by atoms with van der Waals surface area (Å²) in [5.41, 5.74) is 0.965. The summed E-state index contributed by atoms with van der Waals surface area (Å²) in [7, 11) is 1.37. The highest BCUT2D eigenvalue weighted by Gasteiger charge is 2.26. The molecule has 1 aliphatic carbocycles. The van der Waals surface area contributed by atoms with E-state index in [0.29, 0.717) is 12.5 Å². The van der Waals surface area contributed by atoms with Gasteiger partial charge in [-0.25, -0.2) is 4.79 Å². The molecule has 2 rings (SSSR count). The number of amides is 1. The first-order chi connectivity index (χ1) is 11.7. The third kappa shape index (κ3) is 6.20. The number of hydrogen-bond acceptors (Lipinski definition) is 5. The molecular weight excluding hydrogens is 308 g/mol. The molecule has 1 aromatic rings. The van der Waals surface area contributed by atoms with Crippen molar-refractivity contribution in [2.45, 2.75) is 38.3 Å². The molecule has 1 aromatic carbocycles. The minimum absolute atomic E-state index is 0.0761. The highest BCUT2D eigenvalue weighted by molar-refractivity contribution is 5.71. The summed E-state index contributed by atoms with van der Waals surface area (Å²) >= 11 is 0. The Morgan fingerprint density at radius 2 is 1.92 bits per heavy atom. The van der Waals surface area contributed by atoms with Gasteiger partial charge < -0.3 is 20.1 Å². The third-order valence-electron chi connectivity index (χ3n) is 4.33. The van der Waals surface area contributed by atoms with Crippen molar-refractivity contribution in [3.05, 3.63) is 35.9 Å².